The Kier molecular flexibility index (Phi) is 6.96. The third-order valence-electron chi connectivity index (χ3n) is 5.97. The van der Waals surface area contributed by atoms with Gasteiger partial charge in [-0.3, -0.25) is 9.59 Å². The van der Waals surface area contributed by atoms with Crippen LogP contribution in [-0.2, 0) is 27.2 Å². The first-order valence-electron chi connectivity index (χ1n) is 11.3. The molecule has 0 atom stereocenters. The summed E-state index contributed by atoms with van der Waals surface area (Å²) >= 11 is 0. The molecule has 0 spiro atoms. The predicted octanol–water partition coefficient (Wildman–Crippen LogP) is 3.98. The molecule has 2 N–H and O–H groups in total. The highest BCUT2D eigenvalue weighted by Crippen LogP contribution is 2.34. The molecule has 0 aliphatic rings. The van der Waals surface area contributed by atoms with Crippen molar-refractivity contribution in [2.75, 3.05) is 13.7 Å². The van der Waals surface area contributed by atoms with E-state index in [0.29, 0.717) is 29.7 Å². The van der Waals surface area contributed by atoms with Crippen LogP contribution in [0.4, 0.5) is 0 Å². The van der Waals surface area contributed by atoms with E-state index < -0.39 is 17.7 Å². The summed E-state index contributed by atoms with van der Waals surface area (Å²) < 4.78 is 12.2. The zero-order valence-corrected chi connectivity index (χ0v) is 19.6. The van der Waals surface area contributed by atoms with E-state index in [1.54, 1.807) is 12.1 Å². The van der Waals surface area contributed by atoms with Crippen LogP contribution in [0.25, 0.3) is 16.6 Å². The Morgan fingerprint density at radius 2 is 1.66 bits per heavy atom. The Bertz CT molecular complexity index is 1410. The van der Waals surface area contributed by atoms with Crippen LogP contribution in [0.5, 0.6) is 5.75 Å². The van der Waals surface area contributed by atoms with Crippen LogP contribution in [0.15, 0.2) is 72.9 Å². The number of ether oxygens (including phenoxy) is 2. The lowest BCUT2D eigenvalue weighted by Crippen LogP contribution is -2.24. The van der Waals surface area contributed by atoms with Crippen LogP contribution >= 0.6 is 0 Å². The monoisotopic (exact) mass is 470 g/mol. The van der Waals surface area contributed by atoms with Crippen molar-refractivity contribution >= 4 is 23.2 Å². The van der Waals surface area contributed by atoms with E-state index in [2.05, 4.69) is 22.9 Å². The molecule has 1 amide bonds. The van der Waals surface area contributed by atoms with Gasteiger partial charge in [-0.15, -0.1) is 0 Å². The number of methoxy groups -OCH3 is 1. The summed E-state index contributed by atoms with van der Waals surface area (Å²) in [5.74, 6) is -2.11. The van der Waals surface area contributed by atoms with Crippen molar-refractivity contribution in [1.82, 2.24) is 4.40 Å². The second-order valence-electron chi connectivity index (χ2n) is 8.00. The van der Waals surface area contributed by atoms with E-state index in [-0.39, 0.29) is 12.2 Å². The van der Waals surface area contributed by atoms with Gasteiger partial charge in [-0.2, -0.15) is 0 Å². The van der Waals surface area contributed by atoms with Crippen molar-refractivity contribution in [3.8, 4) is 16.9 Å². The van der Waals surface area contributed by atoms with Gasteiger partial charge in [0.2, 0.25) is 0 Å². The zero-order chi connectivity index (χ0) is 24.9. The molecule has 2 aromatic heterocycles. The molecule has 4 rings (SSSR count). The molecular formula is C28H26N2O5. The number of Topliss-reactive ketones (excluding diaryl/α,β-unsaturated/α-hetero) is 1. The fourth-order valence-corrected chi connectivity index (χ4v) is 4.40. The van der Waals surface area contributed by atoms with Crippen molar-refractivity contribution in [2.45, 2.75) is 19.8 Å². The van der Waals surface area contributed by atoms with Gasteiger partial charge in [0.1, 0.15) is 5.75 Å². The van der Waals surface area contributed by atoms with E-state index in [4.69, 9.17) is 10.5 Å². The van der Waals surface area contributed by atoms with Crippen molar-refractivity contribution in [1.29, 1.82) is 0 Å². The van der Waals surface area contributed by atoms with Crippen LogP contribution in [0.3, 0.4) is 0 Å². The number of rotatable bonds is 9. The van der Waals surface area contributed by atoms with E-state index >= 15 is 0 Å². The number of esters is 1. The molecule has 0 aliphatic heterocycles. The summed E-state index contributed by atoms with van der Waals surface area (Å²) in [6.07, 6.45) is 2.81. The van der Waals surface area contributed by atoms with Crippen molar-refractivity contribution in [3.05, 3.63) is 95.3 Å². The molecule has 2 aromatic carbocycles. The fourth-order valence-electron chi connectivity index (χ4n) is 4.40. The van der Waals surface area contributed by atoms with E-state index in [1.807, 2.05) is 53.9 Å². The average Bonchev–Trinajstić information content (AvgIpc) is 3.21. The van der Waals surface area contributed by atoms with Crippen LogP contribution in [0.2, 0.25) is 0 Å². The number of fused-ring (bicyclic) bond motifs is 1. The molecule has 7 nitrogen and oxygen atoms in total. The highest BCUT2D eigenvalue weighted by atomic mass is 16.6. The highest BCUT2D eigenvalue weighted by molar-refractivity contribution is 6.44. The molecule has 7 heteroatoms. The Morgan fingerprint density at radius 3 is 2.34 bits per heavy atom. The summed E-state index contributed by atoms with van der Waals surface area (Å²) in [4.78, 5) is 36.7. The van der Waals surface area contributed by atoms with Gasteiger partial charge in [0, 0.05) is 18.3 Å². The van der Waals surface area contributed by atoms with Crippen LogP contribution in [0.1, 0.15) is 34.1 Å². The topological polar surface area (TPSA) is 100 Å². The van der Waals surface area contributed by atoms with Gasteiger partial charge in [0.15, 0.2) is 6.61 Å². The van der Waals surface area contributed by atoms with Gasteiger partial charge in [-0.25, -0.2) is 4.79 Å². The second kappa shape index (κ2) is 10.3. The van der Waals surface area contributed by atoms with E-state index in [0.717, 1.165) is 22.4 Å². The second-order valence-corrected chi connectivity index (χ2v) is 8.00. The number of hydrogen-bond acceptors (Lipinski definition) is 5. The number of ketones is 1. The Morgan fingerprint density at radius 1 is 0.943 bits per heavy atom. The molecule has 2 heterocycles. The quantitative estimate of drug-likeness (QED) is 0.227. The maximum Gasteiger partial charge on any atom is 0.343 e. The number of amides is 1. The molecule has 0 saturated carbocycles. The molecule has 0 aliphatic carbocycles. The van der Waals surface area contributed by atoms with E-state index in [1.165, 1.54) is 7.11 Å². The SMILES string of the molecule is CCc1c(C(=O)C(N)=O)c2c(OCC(=O)OC)cccn2c1Cc1ccccc1-c1ccccc1. The molecule has 178 valence electrons. The number of carbonyl (C=O) groups excluding carboxylic acids is 3. The van der Waals surface area contributed by atoms with E-state index in [9.17, 15) is 14.4 Å². The lowest BCUT2D eigenvalue weighted by molar-refractivity contribution is -0.142. The Labute approximate surface area is 203 Å². The van der Waals surface area contributed by atoms with Crippen LogP contribution in [-0.4, -0.2) is 35.8 Å². The van der Waals surface area contributed by atoms with Crippen LogP contribution in [0, 0.1) is 0 Å². The van der Waals surface area contributed by atoms with Crippen molar-refractivity contribution in [2.24, 2.45) is 5.73 Å². The van der Waals surface area contributed by atoms with Gasteiger partial charge >= 0.3 is 5.97 Å². The molecule has 0 saturated heterocycles. The molecule has 0 radical (unpaired) electrons. The predicted molar refractivity (Wildman–Crippen MR) is 132 cm³/mol. The van der Waals surface area contributed by atoms with Gasteiger partial charge in [-0.05, 0) is 40.8 Å². The number of aromatic nitrogens is 1. The summed E-state index contributed by atoms with van der Waals surface area (Å²) in [7, 11) is 1.27. The number of primary amides is 1. The summed E-state index contributed by atoms with van der Waals surface area (Å²) in [6.45, 7) is 1.59. The molecule has 4 aromatic rings. The normalized spacial score (nSPS) is 10.8. The van der Waals surface area contributed by atoms with Crippen molar-refractivity contribution < 1.29 is 23.9 Å². The highest BCUT2D eigenvalue weighted by Gasteiger charge is 2.28. The maximum absolute atomic E-state index is 13.0. The number of nitrogens with zero attached hydrogens (tertiary/aromatic N) is 1. The lowest BCUT2D eigenvalue weighted by atomic mass is 9.94. The standard InChI is InChI=1S/C28H26N2O5/c1-3-20-22(16-19-12-7-8-13-21(19)18-10-5-4-6-11-18)30-15-9-14-23(35-17-24(31)34-2)26(30)25(20)27(32)28(29)33/h4-15H,3,16-17H2,1-2H3,(H2,29,33). The fraction of sp³-hybridized carbons (Fsp3) is 0.179. The molecule has 0 fully saturated rings. The minimum Gasteiger partial charge on any atom is -0.480 e. The summed E-state index contributed by atoms with van der Waals surface area (Å²) in [6, 6.07) is 21.6. The minimum atomic E-state index is -1.05. The molecule has 0 unspecified atom stereocenters. The number of carbonyl (C=O) groups is 3. The van der Waals surface area contributed by atoms with Gasteiger partial charge < -0.3 is 19.6 Å². The third kappa shape index (κ3) is 4.66. The molecule has 35 heavy (non-hydrogen) atoms. The number of hydrogen-bond donors (Lipinski definition) is 1. The zero-order valence-electron chi connectivity index (χ0n) is 19.6. The Hall–Kier alpha value is -4.39. The van der Waals surface area contributed by atoms with Gasteiger partial charge in [0.05, 0.1) is 18.2 Å². The lowest BCUT2D eigenvalue weighted by Gasteiger charge is -2.12. The average molecular weight is 471 g/mol. The third-order valence-corrected chi connectivity index (χ3v) is 5.97. The number of nitrogens with two attached hydrogens (primary N) is 1. The van der Waals surface area contributed by atoms with Gasteiger partial charge in [-0.1, -0.05) is 61.5 Å². The maximum atomic E-state index is 13.0. The van der Waals surface area contributed by atoms with Crippen molar-refractivity contribution in [3.63, 3.8) is 0 Å². The number of benzene rings is 2. The largest absolute Gasteiger partial charge is 0.480 e. The molecule has 0 bridgehead atoms. The smallest absolute Gasteiger partial charge is 0.343 e. The van der Waals surface area contributed by atoms with Gasteiger partial charge in [0.25, 0.3) is 11.7 Å². The minimum absolute atomic E-state index is 0.202. The Balaban J connectivity index is 1.92. The summed E-state index contributed by atoms with van der Waals surface area (Å²) in [5, 5.41) is 0. The van der Waals surface area contributed by atoms with Crippen LogP contribution < -0.4 is 10.5 Å². The molecular weight excluding hydrogens is 444 g/mol. The first-order chi connectivity index (χ1) is 17.0. The summed E-state index contributed by atoms with van der Waals surface area (Å²) in [5.41, 5.74) is 10.8. The number of pyridine rings is 1. The first kappa shape index (κ1) is 23.8. The first-order valence-corrected chi connectivity index (χ1v) is 11.3.